The molecule has 0 bridgehead atoms. The number of hydrogen-bond donors (Lipinski definition) is 0. The zero-order valence-electron chi connectivity index (χ0n) is 13.5. The summed E-state index contributed by atoms with van der Waals surface area (Å²) >= 11 is 0. The number of benzene rings is 2. The first-order valence-corrected chi connectivity index (χ1v) is 7.76. The van der Waals surface area contributed by atoms with Gasteiger partial charge in [-0.2, -0.15) is 0 Å². The lowest BCUT2D eigenvalue weighted by atomic mass is 10.1. The monoisotopic (exact) mass is 324 g/mol. The van der Waals surface area contributed by atoms with Crippen molar-refractivity contribution in [1.82, 2.24) is 14.8 Å². The Morgan fingerprint density at radius 1 is 1.12 bits per heavy atom. The van der Waals surface area contributed by atoms with E-state index in [0.717, 1.165) is 23.7 Å². The largest absolute Gasteiger partial charge is 0.482 e. The molecule has 0 radical (unpaired) electrons. The van der Waals surface area contributed by atoms with Gasteiger partial charge < -0.3 is 9.64 Å². The summed E-state index contributed by atoms with van der Waals surface area (Å²) in [5, 5.41) is 8.60. The van der Waals surface area contributed by atoms with Gasteiger partial charge in [-0.1, -0.05) is 18.2 Å². The lowest BCUT2D eigenvalue weighted by Gasteiger charge is -2.18. The molecule has 0 saturated heterocycles. The number of anilines is 2. The maximum Gasteiger partial charge on any atom is 0.231 e. The molecule has 0 unspecified atom stereocenters. The summed E-state index contributed by atoms with van der Waals surface area (Å²) in [6.45, 7) is 0. The second-order valence-corrected chi connectivity index (χ2v) is 5.87. The van der Waals surface area contributed by atoms with E-state index in [9.17, 15) is 4.39 Å². The van der Waals surface area contributed by atoms with Crippen molar-refractivity contribution in [1.29, 1.82) is 0 Å². The quantitative estimate of drug-likeness (QED) is 0.740. The highest BCUT2D eigenvalue weighted by molar-refractivity contribution is 5.56. The first-order valence-electron chi connectivity index (χ1n) is 7.76. The van der Waals surface area contributed by atoms with Gasteiger partial charge in [-0.05, 0) is 35.9 Å². The number of fused-ring (bicyclic) bond motifs is 1. The summed E-state index contributed by atoms with van der Waals surface area (Å²) in [5.74, 6) is 2.09. The highest BCUT2D eigenvalue weighted by Gasteiger charge is 2.29. The third-order valence-corrected chi connectivity index (χ3v) is 4.33. The molecule has 1 atom stereocenters. The molecule has 0 N–H and O–H groups in total. The van der Waals surface area contributed by atoms with E-state index in [1.54, 1.807) is 12.1 Å². The van der Waals surface area contributed by atoms with Gasteiger partial charge in [-0.25, -0.2) is 4.39 Å². The Bertz CT molecular complexity index is 850. The van der Waals surface area contributed by atoms with Gasteiger partial charge >= 0.3 is 0 Å². The van der Waals surface area contributed by atoms with Gasteiger partial charge in [-0.3, -0.25) is 4.57 Å². The fourth-order valence-corrected chi connectivity index (χ4v) is 3.01. The SMILES string of the molecule is CN(c1ccc(F)cc1)c1nnc([C@@H]2Cc3ccccc3O2)n1C. The molecule has 0 saturated carbocycles. The van der Waals surface area contributed by atoms with Gasteiger partial charge in [0.1, 0.15) is 11.6 Å². The molecular weight excluding hydrogens is 307 g/mol. The Labute approximate surface area is 139 Å². The topological polar surface area (TPSA) is 43.2 Å². The van der Waals surface area contributed by atoms with Crippen LogP contribution in [0.5, 0.6) is 5.75 Å². The van der Waals surface area contributed by atoms with E-state index >= 15 is 0 Å². The zero-order valence-corrected chi connectivity index (χ0v) is 13.5. The van der Waals surface area contributed by atoms with E-state index < -0.39 is 0 Å². The standard InChI is InChI=1S/C18H17FN4O/c1-22(14-9-7-13(19)8-10-14)18-21-20-17(23(18)2)16-11-12-5-3-4-6-15(12)24-16/h3-10,16H,11H2,1-2H3/t16-/m0/s1. The molecule has 5 nitrogen and oxygen atoms in total. The molecular formula is C18H17FN4O. The third-order valence-electron chi connectivity index (χ3n) is 4.33. The van der Waals surface area contributed by atoms with Crippen LogP contribution in [0.15, 0.2) is 48.5 Å². The van der Waals surface area contributed by atoms with Gasteiger partial charge in [0.05, 0.1) is 0 Å². The van der Waals surface area contributed by atoms with Crippen LogP contribution in [0.1, 0.15) is 17.5 Å². The smallest absolute Gasteiger partial charge is 0.231 e. The summed E-state index contributed by atoms with van der Waals surface area (Å²) in [4.78, 5) is 1.87. The molecule has 2 aromatic carbocycles. The van der Waals surface area contributed by atoms with E-state index in [1.807, 2.05) is 41.8 Å². The van der Waals surface area contributed by atoms with Gasteiger partial charge in [0, 0.05) is 26.2 Å². The van der Waals surface area contributed by atoms with Gasteiger partial charge in [0.25, 0.3) is 0 Å². The van der Waals surface area contributed by atoms with E-state index in [4.69, 9.17) is 4.74 Å². The number of nitrogens with zero attached hydrogens (tertiary/aromatic N) is 4. The van der Waals surface area contributed by atoms with Crippen molar-refractivity contribution < 1.29 is 9.13 Å². The van der Waals surface area contributed by atoms with Crippen molar-refractivity contribution >= 4 is 11.6 Å². The molecule has 3 aromatic rings. The molecule has 0 aliphatic carbocycles. The van der Waals surface area contributed by atoms with Crippen LogP contribution in [0.3, 0.4) is 0 Å². The van der Waals surface area contributed by atoms with Crippen LogP contribution in [0, 0.1) is 5.82 Å². The highest BCUT2D eigenvalue weighted by atomic mass is 19.1. The number of hydrogen-bond acceptors (Lipinski definition) is 4. The Morgan fingerprint density at radius 2 is 1.88 bits per heavy atom. The average molecular weight is 324 g/mol. The molecule has 6 heteroatoms. The molecule has 1 aliphatic heterocycles. The summed E-state index contributed by atoms with van der Waals surface area (Å²) in [7, 11) is 3.79. The predicted octanol–water partition coefficient (Wildman–Crippen LogP) is 3.40. The van der Waals surface area contributed by atoms with Crippen LogP contribution in [-0.2, 0) is 13.5 Å². The molecule has 24 heavy (non-hydrogen) atoms. The molecule has 2 heterocycles. The Morgan fingerprint density at radius 3 is 2.62 bits per heavy atom. The van der Waals surface area contributed by atoms with Crippen LogP contribution in [0.2, 0.25) is 0 Å². The lowest BCUT2D eigenvalue weighted by molar-refractivity contribution is 0.223. The van der Waals surface area contributed by atoms with Crippen LogP contribution in [0.25, 0.3) is 0 Å². The van der Waals surface area contributed by atoms with Gasteiger partial charge in [0.2, 0.25) is 5.95 Å². The normalized spacial score (nSPS) is 15.9. The maximum absolute atomic E-state index is 13.1. The van der Waals surface area contributed by atoms with E-state index in [0.29, 0.717) is 5.95 Å². The van der Waals surface area contributed by atoms with Crippen molar-refractivity contribution in [3.8, 4) is 5.75 Å². The maximum atomic E-state index is 13.1. The summed E-state index contributed by atoms with van der Waals surface area (Å²) in [6.07, 6.45) is 0.637. The molecule has 0 fully saturated rings. The first kappa shape index (κ1) is 14.7. The van der Waals surface area contributed by atoms with Crippen LogP contribution in [0.4, 0.5) is 16.0 Å². The fourth-order valence-electron chi connectivity index (χ4n) is 3.01. The second kappa shape index (κ2) is 5.63. The molecule has 122 valence electrons. The van der Waals surface area contributed by atoms with Crippen molar-refractivity contribution in [2.24, 2.45) is 7.05 Å². The number of para-hydroxylation sites is 1. The van der Waals surface area contributed by atoms with Crippen LogP contribution >= 0.6 is 0 Å². The minimum Gasteiger partial charge on any atom is -0.482 e. The van der Waals surface area contributed by atoms with E-state index in [2.05, 4.69) is 16.3 Å². The lowest BCUT2D eigenvalue weighted by Crippen LogP contribution is -2.16. The molecule has 1 aliphatic rings. The van der Waals surface area contributed by atoms with Crippen molar-refractivity contribution in [3.63, 3.8) is 0 Å². The van der Waals surface area contributed by atoms with Crippen molar-refractivity contribution in [2.75, 3.05) is 11.9 Å². The first-order chi connectivity index (χ1) is 11.6. The average Bonchev–Trinajstić information content (AvgIpc) is 3.18. The van der Waals surface area contributed by atoms with E-state index in [1.165, 1.54) is 17.7 Å². The van der Waals surface area contributed by atoms with Crippen molar-refractivity contribution in [2.45, 2.75) is 12.5 Å². The number of rotatable bonds is 3. The minimum atomic E-state index is -0.261. The molecule has 4 rings (SSSR count). The zero-order chi connectivity index (χ0) is 16.7. The number of halogens is 1. The predicted molar refractivity (Wildman–Crippen MR) is 89.0 cm³/mol. The van der Waals surface area contributed by atoms with Gasteiger partial charge in [0.15, 0.2) is 11.9 Å². The molecule has 0 amide bonds. The third kappa shape index (κ3) is 2.40. The van der Waals surface area contributed by atoms with Crippen LogP contribution in [-0.4, -0.2) is 21.8 Å². The highest BCUT2D eigenvalue weighted by Crippen LogP contribution is 2.36. The Kier molecular flexibility index (Phi) is 3.45. The number of ether oxygens (including phenoxy) is 1. The van der Waals surface area contributed by atoms with Crippen molar-refractivity contribution in [3.05, 3.63) is 65.7 Å². The molecule has 1 aromatic heterocycles. The second-order valence-electron chi connectivity index (χ2n) is 5.87. The summed E-state index contributed by atoms with van der Waals surface area (Å²) in [6, 6.07) is 14.3. The minimum absolute atomic E-state index is 0.143. The summed E-state index contributed by atoms with van der Waals surface area (Å²) < 4.78 is 21.0. The summed E-state index contributed by atoms with van der Waals surface area (Å²) in [5.41, 5.74) is 2.02. The van der Waals surface area contributed by atoms with E-state index in [-0.39, 0.29) is 11.9 Å². The fraction of sp³-hybridized carbons (Fsp3) is 0.222. The Balaban J connectivity index is 1.61. The Hall–Kier alpha value is -2.89. The van der Waals surface area contributed by atoms with Gasteiger partial charge in [-0.15, -0.1) is 10.2 Å². The van der Waals surface area contributed by atoms with Crippen LogP contribution < -0.4 is 9.64 Å². The molecule has 0 spiro atoms. The number of aromatic nitrogens is 3.